The summed E-state index contributed by atoms with van der Waals surface area (Å²) in [6.07, 6.45) is 1.35. The first-order chi connectivity index (χ1) is 15.3. The molecule has 0 aliphatic carbocycles. The quantitative estimate of drug-likeness (QED) is 0.312. The summed E-state index contributed by atoms with van der Waals surface area (Å²) < 4.78 is 3.92. The van der Waals surface area contributed by atoms with Crippen molar-refractivity contribution in [2.45, 2.75) is 6.54 Å². The number of hydrogen-bond donors (Lipinski definition) is 3. The van der Waals surface area contributed by atoms with E-state index in [0.29, 0.717) is 10.6 Å². The Balaban J connectivity index is 1.81. The number of aryl methyl sites for hydroxylation is 1. The van der Waals surface area contributed by atoms with Crippen molar-refractivity contribution in [3.05, 3.63) is 79.5 Å². The Morgan fingerprint density at radius 3 is 2.50 bits per heavy atom. The Kier molecular flexibility index (Phi) is 5.45. The molecule has 11 heteroatoms. The van der Waals surface area contributed by atoms with Gasteiger partial charge in [-0.3, -0.25) is 18.5 Å². The van der Waals surface area contributed by atoms with E-state index in [1.807, 2.05) is 12.1 Å². The molecule has 2 aromatic heterocycles. The SMILES string of the molecule is Cn1c(=O)c2c(nc(NN=Cc3ccc(O)cc3O)n2Cc2ccc(Cl)cc2)n(C)c1=O. The summed E-state index contributed by atoms with van der Waals surface area (Å²) in [7, 11) is 2.94. The third kappa shape index (κ3) is 3.83. The predicted molar refractivity (Wildman–Crippen MR) is 122 cm³/mol. The maximum absolute atomic E-state index is 12.9. The van der Waals surface area contributed by atoms with Crippen LogP contribution in [-0.4, -0.2) is 35.1 Å². The molecule has 0 radical (unpaired) electrons. The van der Waals surface area contributed by atoms with Crippen LogP contribution in [-0.2, 0) is 20.6 Å². The molecular weight excluding hydrogens is 436 g/mol. The molecule has 0 amide bonds. The van der Waals surface area contributed by atoms with E-state index in [1.165, 1.54) is 43.1 Å². The second-order valence-corrected chi connectivity index (χ2v) is 7.58. The summed E-state index contributed by atoms with van der Waals surface area (Å²) in [5, 5.41) is 24.0. The lowest BCUT2D eigenvalue weighted by molar-refractivity contribution is 0.450. The van der Waals surface area contributed by atoms with E-state index in [4.69, 9.17) is 11.6 Å². The molecule has 32 heavy (non-hydrogen) atoms. The molecule has 0 unspecified atom stereocenters. The molecular formula is C21H19ClN6O4. The van der Waals surface area contributed by atoms with Gasteiger partial charge in [-0.1, -0.05) is 23.7 Å². The van der Waals surface area contributed by atoms with Gasteiger partial charge in [0.05, 0.1) is 12.8 Å². The number of halogens is 1. The number of hydrazone groups is 1. The number of phenols is 2. The molecule has 10 nitrogen and oxygen atoms in total. The Morgan fingerprint density at radius 2 is 1.81 bits per heavy atom. The number of anilines is 1. The highest BCUT2D eigenvalue weighted by atomic mass is 35.5. The van der Waals surface area contributed by atoms with E-state index in [0.717, 1.165) is 10.1 Å². The molecule has 0 fully saturated rings. The van der Waals surface area contributed by atoms with Gasteiger partial charge in [0.15, 0.2) is 11.2 Å². The smallest absolute Gasteiger partial charge is 0.332 e. The van der Waals surface area contributed by atoms with Crippen molar-refractivity contribution >= 4 is 34.9 Å². The number of benzene rings is 2. The van der Waals surface area contributed by atoms with Crippen LogP contribution in [0.5, 0.6) is 11.5 Å². The van der Waals surface area contributed by atoms with Crippen molar-refractivity contribution in [2.75, 3.05) is 5.43 Å². The summed E-state index contributed by atoms with van der Waals surface area (Å²) in [5.41, 5.74) is 3.44. The monoisotopic (exact) mass is 454 g/mol. The normalized spacial score (nSPS) is 11.5. The fourth-order valence-corrected chi connectivity index (χ4v) is 3.38. The minimum absolute atomic E-state index is 0.0749. The number of fused-ring (bicyclic) bond motifs is 1. The number of aromatic nitrogens is 4. The highest BCUT2D eigenvalue weighted by Gasteiger charge is 2.19. The first-order valence-corrected chi connectivity index (χ1v) is 9.86. The van der Waals surface area contributed by atoms with Gasteiger partial charge in [0.25, 0.3) is 5.56 Å². The summed E-state index contributed by atoms with van der Waals surface area (Å²) in [5.74, 6) is -0.00150. The minimum atomic E-state index is -0.497. The first kappa shape index (κ1) is 21.2. The van der Waals surface area contributed by atoms with Crippen molar-refractivity contribution in [2.24, 2.45) is 19.2 Å². The maximum Gasteiger partial charge on any atom is 0.332 e. The van der Waals surface area contributed by atoms with E-state index in [9.17, 15) is 19.8 Å². The van der Waals surface area contributed by atoms with E-state index < -0.39 is 11.2 Å². The minimum Gasteiger partial charge on any atom is -0.508 e. The molecule has 0 saturated carbocycles. The van der Waals surface area contributed by atoms with Crippen LogP contribution < -0.4 is 16.7 Å². The highest BCUT2D eigenvalue weighted by Crippen LogP contribution is 2.22. The van der Waals surface area contributed by atoms with E-state index >= 15 is 0 Å². The van der Waals surface area contributed by atoms with Crippen LogP contribution in [0, 0.1) is 0 Å². The van der Waals surface area contributed by atoms with Crippen LogP contribution in [0.1, 0.15) is 11.1 Å². The summed E-state index contributed by atoms with van der Waals surface area (Å²) >= 11 is 5.98. The Labute approximate surface area is 186 Å². The third-order valence-corrected chi connectivity index (χ3v) is 5.24. The molecule has 0 saturated heterocycles. The number of aromatic hydroxyl groups is 2. The second kappa shape index (κ2) is 8.23. The standard InChI is InChI=1S/C21H19ClN6O4/c1-26-18-17(19(31)27(2)21(26)32)28(11-12-3-6-14(22)7-4-12)20(24-18)25-23-10-13-5-8-15(29)9-16(13)30/h3-10,29-30H,11H2,1-2H3,(H,24,25). The third-order valence-electron chi connectivity index (χ3n) is 4.98. The molecule has 0 spiro atoms. The van der Waals surface area contributed by atoms with Crippen LogP contribution in [0.2, 0.25) is 5.02 Å². The lowest BCUT2D eigenvalue weighted by atomic mass is 10.2. The van der Waals surface area contributed by atoms with Gasteiger partial charge in [-0.25, -0.2) is 10.2 Å². The van der Waals surface area contributed by atoms with Crippen molar-refractivity contribution in [3.8, 4) is 11.5 Å². The van der Waals surface area contributed by atoms with Crippen molar-refractivity contribution in [1.82, 2.24) is 18.7 Å². The number of imidazole rings is 1. The molecule has 4 aromatic rings. The Morgan fingerprint density at radius 1 is 1.09 bits per heavy atom. The molecule has 164 valence electrons. The lowest BCUT2D eigenvalue weighted by Crippen LogP contribution is -2.37. The van der Waals surface area contributed by atoms with Crippen molar-refractivity contribution in [3.63, 3.8) is 0 Å². The molecule has 0 atom stereocenters. The van der Waals surface area contributed by atoms with Crippen LogP contribution in [0.15, 0.2) is 57.2 Å². The van der Waals surface area contributed by atoms with Gasteiger partial charge in [0.1, 0.15) is 11.5 Å². The van der Waals surface area contributed by atoms with Crippen LogP contribution in [0.4, 0.5) is 5.95 Å². The van der Waals surface area contributed by atoms with Crippen LogP contribution in [0.3, 0.4) is 0 Å². The van der Waals surface area contributed by atoms with Gasteiger partial charge in [0, 0.05) is 30.7 Å². The predicted octanol–water partition coefficient (Wildman–Crippen LogP) is 1.99. The number of nitrogens with one attached hydrogen (secondary N) is 1. The molecule has 0 bridgehead atoms. The Hall–Kier alpha value is -4.05. The largest absolute Gasteiger partial charge is 0.508 e. The summed E-state index contributed by atoms with van der Waals surface area (Å²) in [6.45, 7) is 0.267. The van der Waals surface area contributed by atoms with Crippen molar-refractivity contribution in [1.29, 1.82) is 0 Å². The van der Waals surface area contributed by atoms with Gasteiger partial charge in [-0.05, 0) is 29.8 Å². The van der Waals surface area contributed by atoms with Gasteiger partial charge in [-0.2, -0.15) is 10.1 Å². The number of rotatable bonds is 5. The first-order valence-electron chi connectivity index (χ1n) is 9.48. The maximum atomic E-state index is 12.9. The molecule has 0 aliphatic heterocycles. The average molecular weight is 455 g/mol. The zero-order chi connectivity index (χ0) is 23.0. The van der Waals surface area contributed by atoms with Gasteiger partial charge >= 0.3 is 5.69 Å². The van der Waals surface area contributed by atoms with Crippen molar-refractivity contribution < 1.29 is 10.2 Å². The molecule has 3 N–H and O–H groups in total. The fourth-order valence-electron chi connectivity index (χ4n) is 3.26. The van der Waals surface area contributed by atoms with Gasteiger partial charge < -0.3 is 10.2 Å². The topological polar surface area (TPSA) is 127 Å². The van der Waals surface area contributed by atoms with Crippen LogP contribution >= 0.6 is 11.6 Å². The van der Waals surface area contributed by atoms with Gasteiger partial charge in [-0.15, -0.1) is 0 Å². The van der Waals surface area contributed by atoms with E-state index in [2.05, 4.69) is 15.5 Å². The zero-order valence-corrected chi connectivity index (χ0v) is 17.9. The molecule has 4 rings (SSSR count). The number of hydrogen-bond acceptors (Lipinski definition) is 7. The number of nitrogens with zero attached hydrogens (tertiary/aromatic N) is 5. The zero-order valence-electron chi connectivity index (χ0n) is 17.2. The highest BCUT2D eigenvalue weighted by molar-refractivity contribution is 6.30. The average Bonchev–Trinajstić information content (AvgIpc) is 3.12. The van der Waals surface area contributed by atoms with Gasteiger partial charge in [0.2, 0.25) is 5.95 Å². The second-order valence-electron chi connectivity index (χ2n) is 7.14. The van der Waals surface area contributed by atoms with E-state index in [1.54, 1.807) is 16.7 Å². The number of phenolic OH excluding ortho intramolecular Hbond substituents is 2. The summed E-state index contributed by atoms with van der Waals surface area (Å²) in [4.78, 5) is 29.7. The van der Waals surface area contributed by atoms with Crippen LogP contribution in [0.25, 0.3) is 11.2 Å². The molecule has 2 heterocycles. The summed E-state index contributed by atoms with van der Waals surface area (Å²) in [6, 6.07) is 11.2. The Bertz CT molecular complexity index is 1470. The van der Waals surface area contributed by atoms with E-state index in [-0.39, 0.29) is 35.2 Å². The molecule has 0 aliphatic rings. The molecule has 2 aromatic carbocycles. The lowest BCUT2D eigenvalue weighted by Gasteiger charge is -2.09. The fraction of sp³-hybridized carbons (Fsp3) is 0.143.